The molecule has 2 aromatic heterocycles. The quantitative estimate of drug-likeness (QED) is 0.685. The number of ether oxygens (including phenoxy) is 1. The van der Waals surface area contributed by atoms with Gasteiger partial charge in [-0.15, -0.1) is 0 Å². The van der Waals surface area contributed by atoms with Crippen LogP contribution < -0.4 is 15.7 Å². The molecule has 3 rings (SSSR count). The van der Waals surface area contributed by atoms with Crippen molar-refractivity contribution >= 4 is 22.6 Å². The minimum atomic E-state index is -0.325. The number of benzene rings is 1. The molecule has 0 aliphatic rings. The van der Waals surface area contributed by atoms with E-state index in [-0.39, 0.29) is 11.6 Å². The van der Waals surface area contributed by atoms with Crippen LogP contribution in [0.4, 0.5) is 5.69 Å². The Balaban J connectivity index is 1.87. The summed E-state index contributed by atoms with van der Waals surface area (Å²) >= 11 is 0. The van der Waals surface area contributed by atoms with Gasteiger partial charge in [0, 0.05) is 11.9 Å². The minimum Gasteiger partial charge on any atom is -0.477 e. The highest BCUT2D eigenvalue weighted by atomic mass is 16.5. The lowest BCUT2D eigenvalue weighted by molar-refractivity contribution is 0.102. The highest BCUT2D eigenvalue weighted by Crippen LogP contribution is 2.19. The van der Waals surface area contributed by atoms with E-state index in [1.54, 1.807) is 36.5 Å². The second kappa shape index (κ2) is 5.72. The first-order valence-corrected chi connectivity index (χ1v) is 6.78. The Bertz CT molecular complexity index is 882. The maximum Gasteiger partial charge on any atom is 0.323 e. The fraction of sp³-hybridized carbons (Fsp3) is 0.133. The Kier molecular flexibility index (Phi) is 3.61. The number of nitrogens with zero attached hydrogens (tertiary/aromatic N) is 1. The Hall–Kier alpha value is -3.09. The molecule has 3 aromatic rings. The first-order valence-electron chi connectivity index (χ1n) is 6.78. The van der Waals surface area contributed by atoms with Crippen molar-refractivity contribution in [3.63, 3.8) is 0 Å². The van der Waals surface area contributed by atoms with Crippen molar-refractivity contribution in [3.8, 4) is 5.88 Å². The summed E-state index contributed by atoms with van der Waals surface area (Å²) in [5.74, 6) is -0.0348. The number of aromatic amines is 2. The number of nitrogens with one attached hydrogen (secondary N) is 3. The molecule has 0 radical (unpaired) electrons. The summed E-state index contributed by atoms with van der Waals surface area (Å²) in [5, 5.41) is 2.76. The van der Waals surface area contributed by atoms with Gasteiger partial charge in [0.15, 0.2) is 0 Å². The summed E-state index contributed by atoms with van der Waals surface area (Å²) < 4.78 is 5.34. The highest BCUT2D eigenvalue weighted by molar-refractivity contribution is 6.06. The zero-order valence-electron chi connectivity index (χ0n) is 11.8. The van der Waals surface area contributed by atoms with Crippen LogP contribution in [0.5, 0.6) is 5.88 Å². The highest BCUT2D eigenvalue weighted by Gasteiger charge is 2.13. The lowest BCUT2D eigenvalue weighted by Gasteiger charge is -2.09. The van der Waals surface area contributed by atoms with Crippen LogP contribution in [0, 0.1) is 0 Å². The van der Waals surface area contributed by atoms with Crippen LogP contribution in [0.25, 0.3) is 11.0 Å². The van der Waals surface area contributed by atoms with Crippen molar-refractivity contribution in [1.29, 1.82) is 0 Å². The van der Waals surface area contributed by atoms with E-state index in [1.807, 2.05) is 6.92 Å². The zero-order chi connectivity index (χ0) is 15.5. The van der Waals surface area contributed by atoms with Crippen molar-refractivity contribution in [2.24, 2.45) is 0 Å². The number of amides is 1. The molecule has 0 aliphatic carbocycles. The van der Waals surface area contributed by atoms with E-state index >= 15 is 0 Å². The van der Waals surface area contributed by atoms with E-state index in [9.17, 15) is 9.59 Å². The molecule has 1 aromatic carbocycles. The second-order valence-corrected chi connectivity index (χ2v) is 4.58. The van der Waals surface area contributed by atoms with Crippen molar-refractivity contribution < 1.29 is 9.53 Å². The van der Waals surface area contributed by atoms with Crippen LogP contribution in [0.2, 0.25) is 0 Å². The van der Waals surface area contributed by atoms with Gasteiger partial charge >= 0.3 is 5.69 Å². The maximum atomic E-state index is 12.3. The first kappa shape index (κ1) is 13.9. The third-order valence-electron chi connectivity index (χ3n) is 3.07. The molecule has 0 spiro atoms. The topological polar surface area (TPSA) is 99.9 Å². The summed E-state index contributed by atoms with van der Waals surface area (Å²) in [4.78, 5) is 32.9. The molecule has 7 heteroatoms. The van der Waals surface area contributed by atoms with Crippen LogP contribution in [0.1, 0.15) is 17.3 Å². The van der Waals surface area contributed by atoms with Gasteiger partial charge in [0.1, 0.15) is 5.56 Å². The van der Waals surface area contributed by atoms with E-state index < -0.39 is 0 Å². The predicted octanol–water partition coefficient (Wildman–Crippen LogP) is 1.90. The van der Waals surface area contributed by atoms with Gasteiger partial charge in [-0.05, 0) is 37.3 Å². The number of fused-ring (bicyclic) bond motifs is 1. The fourth-order valence-corrected chi connectivity index (χ4v) is 2.12. The largest absolute Gasteiger partial charge is 0.477 e. The molecule has 0 saturated carbocycles. The van der Waals surface area contributed by atoms with Crippen LogP contribution >= 0.6 is 0 Å². The fourth-order valence-electron chi connectivity index (χ4n) is 2.12. The molecule has 0 atom stereocenters. The molecule has 0 bridgehead atoms. The number of imidazole rings is 1. The van der Waals surface area contributed by atoms with Crippen molar-refractivity contribution in [3.05, 3.63) is 52.6 Å². The lowest BCUT2D eigenvalue weighted by Crippen LogP contribution is -2.14. The molecule has 0 saturated heterocycles. The Morgan fingerprint density at radius 2 is 2.09 bits per heavy atom. The van der Waals surface area contributed by atoms with E-state index in [4.69, 9.17) is 4.74 Å². The van der Waals surface area contributed by atoms with E-state index in [1.165, 1.54) is 0 Å². The molecule has 7 nitrogen and oxygen atoms in total. The van der Waals surface area contributed by atoms with Crippen molar-refractivity contribution in [2.45, 2.75) is 6.92 Å². The van der Waals surface area contributed by atoms with Gasteiger partial charge in [-0.3, -0.25) is 4.79 Å². The van der Waals surface area contributed by atoms with Crippen LogP contribution in [0.3, 0.4) is 0 Å². The number of rotatable bonds is 4. The van der Waals surface area contributed by atoms with Gasteiger partial charge in [0.05, 0.1) is 17.6 Å². The second-order valence-electron chi connectivity index (χ2n) is 4.58. The molecular weight excluding hydrogens is 284 g/mol. The third-order valence-corrected chi connectivity index (χ3v) is 3.07. The zero-order valence-corrected chi connectivity index (χ0v) is 11.8. The van der Waals surface area contributed by atoms with Gasteiger partial charge in [-0.1, -0.05) is 0 Å². The van der Waals surface area contributed by atoms with E-state index in [0.717, 1.165) is 0 Å². The van der Waals surface area contributed by atoms with Gasteiger partial charge in [-0.25, -0.2) is 9.78 Å². The molecule has 1 amide bonds. The smallest absolute Gasteiger partial charge is 0.323 e. The van der Waals surface area contributed by atoms with Gasteiger partial charge in [-0.2, -0.15) is 0 Å². The number of carbonyl (C=O) groups excluding carboxylic acids is 1. The summed E-state index contributed by atoms with van der Waals surface area (Å²) in [6.45, 7) is 2.25. The summed E-state index contributed by atoms with van der Waals surface area (Å²) in [7, 11) is 0. The molecule has 0 aliphatic heterocycles. The lowest BCUT2D eigenvalue weighted by atomic mass is 10.2. The molecule has 3 N–H and O–H groups in total. The standard InChI is InChI=1S/C15H14N4O3/c1-2-22-14-10(4-3-7-16-14)13(20)17-9-5-6-11-12(8-9)19-15(21)18-11/h3-8H,2H2,1H3,(H,17,20)(H2,18,19,21). The van der Waals surface area contributed by atoms with Crippen LogP contribution in [-0.4, -0.2) is 27.5 Å². The number of carbonyl (C=O) groups is 1. The number of hydrogen-bond donors (Lipinski definition) is 3. The van der Waals surface area contributed by atoms with E-state index in [2.05, 4.69) is 20.3 Å². The normalized spacial score (nSPS) is 10.6. The van der Waals surface area contributed by atoms with Gasteiger partial charge < -0.3 is 20.0 Å². The average molecular weight is 298 g/mol. The SMILES string of the molecule is CCOc1ncccc1C(=O)Nc1ccc2[nH]c(=O)[nH]c2c1. The predicted molar refractivity (Wildman–Crippen MR) is 82.3 cm³/mol. The molecule has 2 heterocycles. The monoisotopic (exact) mass is 298 g/mol. The Morgan fingerprint density at radius 1 is 1.27 bits per heavy atom. The minimum absolute atomic E-state index is 0.288. The number of aromatic nitrogens is 3. The van der Waals surface area contributed by atoms with Gasteiger partial charge in [0.2, 0.25) is 5.88 Å². The summed E-state index contributed by atoms with van der Waals surface area (Å²) in [5.41, 5.74) is 1.94. The van der Waals surface area contributed by atoms with Crippen molar-refractivity contribution in [2.75, 3.05) is 11.9 Å². The third kappa shape index (κ3) is 2.69. The maximum absolute atomic E-state index is 12.3. The first-order chi connectivity index (χ1) is 10.7. The van der Waals surface area contributed by atoms with Crippen LogP contribution in [-0.2, 0) is 0 Å². The number of H-pyrrole nitrogens is 2. The molecular formula is C15H14N4O3. The molecule has 22 heavy (non-hydrogen) atoms. The summed E-state index contributed by atoms with van der Waals surface area (Å²) in [6, 6.07) is 8.42. The Labute approximate surface area is 125 Å². The Morgan fingerprint density at radius 3 is 2.91 bits per heavy atom. The van der Waals surface area contributed by atoms with E-state index in [0.29, 0.717) is 34.8 Å². The van der Waals surface area contributed by atoms with Crippen LogP contribution in [0.15, 0.2) is 41.3 Å². The van der Waals surface area contributed by atoms with Gasteiger partial charge in [0.25, 0.3) is 5.91 Å². The number of pyridine rings is 1. The summed E-state index contributed by atoms with van der Waals surface area (Å²) in [6.07, 6.45) is 1.57. The molecule has 0 fully saturated rings. The molecule has 0 unspecified atom stereocenters. The van der Waals surface area contributed by atoms with Crippen molar-refractivity contribution in [1.82, 2.24) is 15.0 Å². The number of hydrogen-bond acceptors (Lipinski definition) is 4. The number of anilines is 1. The average Bonchev–Trinajstić information content (AvgIpc) is 2.87. The molecule has 112 valence electrons.